The summed E-state index contributed by atoms with van der Waals surface area (Å²) in [7, 11) is 0. The minimum Gasteiger partial charge on any atom is -0.311 e. The molecule has 0 saturated carbocycles. The van der Waals surface area contributed by atoms with Crippen molar-refractivity contribution in [3.8, 4) is 0 Å². The van der Waals surface area contributed by atoms with Crippen molar-refractivity contribution in [1.29, 1.82) is 0 Å². The third kappa shape index (κ3) is 1.78. The Morgan fingerprint density at radius 3 is 3.06 bits per heavy atom. The van der Waals surface area contributed by atoms with Crippen LogP contribution in [0.4, 0.5) is 8.78 Å². The molecule has 1 N–H and O–H groups in total. The van der Waals surface area contributed by atoms with Gasteiger partial charge in [0.05, 0.1) is 12.7 Å². The number of alkyl halides is 2. The fraction of sp³-hybridized carbons (Fsp3) is 0.455. The number of hydrogen-bond donors (Lipinski definition) is 1. The van der Waals surface area contributed by atoms with Gasteiger partial charge in [0.25, 0.3) is 5.92 Å². The first-order chi connectivity index (χ1) is 8.17. The number of nitrogens with zero attached hydrogens (tertiary/aromatic N) is 3. The Balaban J connectivity index is 2.02. The second-order valence-corrected chi connectivity index (χ2v) is 4.26. The van der Waals surface area contributed by atoms with Crippen molar-refractivity contribution in [2.45, 2.75) is 18.4 Å². The van der Waals surface area contributed by atoms with Crippen LogP contribution in [-0.4, -0.2) is 33.8 Å². The minimum atomic E-state index is -2.76. The van der Waals surface area contributed by atoms with E-state index in [0.29, 0.717) is 24.0 Å². The summed E-state index contributed by atoms with van der Waals surface area (Å²) in [5.74, 6) is -2.76. The Hall–Kier alpha value is -1.56. The van der Waals surface area contributed by atoms with Gasteiger partial charge in [-0.1, -0.05) is 0 Å². The summed E-state index contributed by atoms with van der Waals surface area (Å²) >= 11 is 0. The Kier molecular flexibility index (Phi) is 2.32. The summed E-state index contributed by atoms with van der Waals surface area (Å²) in [6.45, 7) is 0.297. The molecule has 1 aliphatic heterocycles. The lowest BCUT2D eigenvalue weighted by molar-refractivity contribution is -0.0695. The van der Waals surface area contributed by atoms with E-state index in [2.05, 4.69) is 15.4 Å². The van der Waals surface area contributed by atoms with E-state index in [1.54, 1.807) is 24.5 Å². The van der Waals surface area contributed by atoms with E-state index in [0.717, 1.165) is 0 Å². The van der Waals surface area contributed by atoms with Gasteiger partial charge in [-0.25, -0.2) is 8.78 Å². The van der Waals surface area contributed by atoms with Crippen LogP contribution in [0.1, 0.15) is 12.5 Å². The minimum absolute atomic E-state index is 0.290. The molecular weight excluding hydrogens is 226 g/mol. The van der Waals surface area contributed by atoms with Crippen molar-refractivity contribution >= 4 is 11.0 Å². The molecule has 1 atom stereocenters. The normalized spacial score (nSPS) is 24.0. The lowest BCUT2D eigenvalue weighted by Crippen LogP contribution is -2.47. The predicted molar refractivity (Wildman–Crippen MR) is 59.0 cm³/mol. The first-order valence-corrected chi connectivity index (χ1v) is 5.55. The molecule has 3 rings (SSSR count). The van der Waals surface area contributed by atoms with Crippen molar-refractivity contribution < 1.29 is 8.78 Å². The first-order valence-electron chi connectivity index (χ1n) is 5.55. The van der Waals surface area contributed by atoms with Crippen molar-refractivity contribution in [3.05, 3.63) is 24.5 Å². The second-order valence-electron chi connectivity index (χ2n) is 4.26. The van der Waals surface area contributed by atoms with Gasteiger partial charge in [0.2, 0.25) is 0 Å². The molecule has 2 aromatic rings. The average molecular weight is 238 g/mol. The highest BCUT2D eigenvalue weighted by Crippen LogP contribution is 2.33. The van der Waals surface area contributed by atoms with Gasteiger partial charge < -0.3 is 5.32 Å². The molecule has 90 valence electrons. The molecule has 3 heterocycles. The summed E-state index contributed by atoms with van der Waals surface area (Å²) in [5.41, 5.74) is 1.31. The van der Waals surface area contributed by atoms with Gasteiger partial charge in [-0.2, -0.15) is 5.10 Å². The van der Waals surface area contributed by atoms with E-state index in [1.165, 1.54) is 4.68 Å². The van der Waals surface area contributed by atoms with Crippen LogP contribution in [-0.2, 0) is 0 Å². The maximum Gasteiger partial charge on any atom is 0.282 e. The number of aromatic nitrogens is 3. The van der Waals surface area contributed by atoms with E-state index in [4.69, 9.17) is 0 Å². The standard InChI is InChI=1S/C11H12F2N4/c12-11(13)7-14-5-3-10(11)17-6-9-8(16-17)2-1-4-15-9/h1-2,4,6,10,14H,3,5,7H2. The van der Waals surface area contributed by atoms with Crippen LogP contribution >= 0.6 is 0 Å². The van der Waals surface area contributed by atoms with Crippen molar-refractivity contribution in [2.24, 2.45) is 0 Å². The van der Waals surface area contributed by atoms with Crippen molar-refractivity contribution in [2.75, 3.05) is 13.1 Å². The van der Waals surface area contributed by atoms with Gasteiger partial charge in [-0.15, -0.1) is 0 Å². The number of hydrogen-bond acceptors (Lipinski definition) is 3. The quantitative estimate of drug-likeness (QED) is 0.820. The number of halogens is 2. The molecule has 17 heavy (non-hydrogen) atoms. The van der Waals surface area contributed by atoms with Gasteiger partial charge in [0, 0.05) is 6.20 Å². The van der Waals surface area contributed by atoms with Crippen molar-refractivity contribution in [1.82, 2.24) is 20.1 Å². The SMILES string of the molecule is FC1(F)CNCCC1n1cc2ncccc2n1. The first kappa shape index (κ1) is 10.6. The summed E-state index contributed by atoms with van der Waals surface area (Å²) in [6, 6.07) is 2.65. The van der Waals surface area contributed by atoms with Gasteiger partial charge in [0.15, 0.2) is 0 Å². The van der Waals surface area contributed by atoms with Crippen LogP contribution in [0, 0.1) is 0 Å². The fourth-order valence-corrected chi connectivity index (χ4v) is 2.18. The number of pyridine rings is 1. The monoisotopic (exact) mass is 238 g/mol. The largest absolute Gasteiger partial charge is 0.311 e. The third-order valence-corrected chi connectivity index (χ3v) is 3.06. The predicted octanol–water partition coefficient (Wildman–Crippen LogP) is 1.60. The van der Waals surface area contributed by atoms with Gasteiger partial charge >= 0.3 is 0 Å². The Labute approximate surface area is 96.6 Å². The summed E-state index contributed by atoms with van der Waals surface area (Å²) in [4.78, 5) is 4.10. The average Bonchev–Trinajstić information content (AvgIpc) is 2.71. The van der Waals surface area contributed by atoms with E-state index >= 15 is 0 Å². The highest BCUT2D eigenvalue weighted by Gasteiger charge is 2.43. The summed E-state index contributed by atoms with van der Waals surface area (Å²) in [6.07, 6.45) is 3.61. The number of nitrogens with one attached hydrogen (secondary N) is 1. The molecular formula is C11H12F2N4. The van der Waals surface area contributed by atoms with E-state index in [9.17, 15) is 8.78 Å². The number of rotatable bonds is 1. The molecule has 1 unspecified atom stereocenters. The summed E-state index contributed by atoms with van der Waals surface area (Å²) < 4.78 is 28.8. The van der Waals surface area contributed by atoms with Crippen LogP contribution in [0.5, 0.6) is 0 Å². The maximum atomic E-state index is 13.7. The molecule has 2 aromatic heterocycles. The number of piperidine rings is 1. The van der Waals surface area contributed by atoms with Gasteiger partial charge in [-0.05, 0) is 25.1 Å². The zero-order valence-electron chi connectivity index (χ0n) is 9.11. The van der Waals surface area contributed by atoms with E-state index in [-0.39, 0.29) is 6.54 Å². The molecule has 6 heteroatoms. The molecule has 0 aliphatic carbocycles. The van der Waals surface area contributed by atoms with Crippen molar-refractivity contribution in [3.63, 3.8) is 0 Å². The second kappa shape index (κ2) is 3.73. The molecule has 4 nitrogen and oxygen atoms in total. The zero-order valence-corrected chi connectivity index (χ0v) is 9.11. The Morgan fingerprint density at radius 1 is 1.41 bits per heavy atom. The zero-order chi connectivity index (χ0) is 11.9. The van der Waals surface area contributed by atoms with E-state index in [1.807, 2.05) is 0 Å². The molecule has 0 radical (unpaired) electrons. The lowest BCUT2D eigenvalue weighted by atomic mass is 10.0. The Bertz CT molecular complexity index is 504. The summed E-state index contributed by atoms with van der Waals surface area (Å²) in [5, 5.41) is 6.88. The molecule has 0 bridgehead atoms. The topological polar surface area (TPSA) is 42.7 Å². The smallest absolute Gasteiger partial charge is 0.282 e. The fourth-order valence-electron chi connectivity index (χ4n) is 2.18. The molecule has 1 fully saturated rings. The molecule has 0 aromatic carbocycles. The Morgan fingerprint density at radius 2 is 2.29 bits per heavy atom. The van der Waals surface area contributed by atoms with Crippen LogP contribution in [0.15, 0.2) is 24.5 Å². The van der Waals surface area contributed by atoms with Gasteiger partial charge in [-0.3, -0.25) is 9.67 Å². The number of fused-ring (bicyclic) bond motifs is 1. The molecule has 0 amide bonds. The maximum absolute atomic E-state index is 13.7. The third-order valence-electron chi connectivity index (χ3n) is 3.06. The highest BCUT2D eigenvalue weighted by molar-refractivity contribution is 5.72. The van der Waals surface area contributed by atoms with Crippen LogP contribution < -0.4 is 5.32 Å². The highest BCUT2D eigenvalue weighted by atomic mass is 19.3. The molecule has 0 spiro atoms. The molecule has 1 aliphatic rings. The van der Waals surface area contributed by atoms with Crippen LogP contribution in [0.25, 0.3) is 11.0 Å². The van der Waals surface area contributed by atoms with Crippen LogP contribution in [0.2, 0.25) is 0 Å². The van der Waals surface area contributed by atoms with Gasteiger partial charge in [0.1, 0.15) is 17.1 Å². The van der Waals surface area contributed by atoms with Crippen LogP contribution in [0.3, 0.4) is 0 Å². The lowest BCUT2D eigenvalue weighted by Gasteiger charge is -2.31. The van der Waals surface area contributed by atoms with E-state index < -0.39 is 12.0 Å². The molecule has 1 saturated heterocycles.